The first-order valence-corrected chi connectivity index (χ1v) is 0. The molecule has 0 atom stereocenters. The Kier molecular flexibility index (Phi) is 275. The van der Waals surface area contributed by atoms with Crippen LogP contribution in [0.3, 0.4) is 0 Å². The molecule has 0 heterocycles. The Morgan fingerprint density at radius 3 is 1.00 bits per heavy atom. The summed E-state index contributed by atoms with van der Waals surface area (Å²) >= 11 is 0. The van der Waals surface area contributed by atoms with Crippen molar-refractivity contribution in [3.05, 3.63) is 0 Å². The van der Waals surface area contributed by atoms with Gasteiger partial charge in [0.25, 0.3) is 0 Å². The van der Waals surface area contributed by atoms with Crippen molar-refractivity contribution in [1.82, 2.24) is 0 Å². The van der Waals surface area contributed by atoms with Crippen molar-refractivity contribution in [2.24, 2.45) is 0 Å². The SMILES string of the molecule is [Co].[Cu].[Fe].[Ni].[Ti]. The summed E-state index contributed by atoms with van der Waals surface area (Å²) in [7, 11) is 0. The smallest absolute Gasteiger partial charge is 0 e. The van der Waals surface area contributed by atoms with E-state index in [2.05, 4.69) is 0 Å². The van der Waals surface area contributed by atoms with Crippen molar-refractivity contribution < 1.29 is 89.1 Å². The molecule has 0 saturated carbocycles. The average Bonchev–Trinajstić information content (AvgIpc) is 0. The summed E-state index contributed by atoms with van der Waals surface area (Å²) in [6, 6.07) is 0. The Morgan fingerprint density at radius 2 is 1.00 bits per heavy atom. The predicted molar refractivity (Wildman–Crippen MR) is 0 cm³/mol. The molecule has 42 valence electrons. The van der Waals surface area contributed by atoms with Crippen LogP contribution < -0.4 is 0 Å². The third-order valence-electron chi connectivity index (χ3n) is 0. The van der Waals surface area contributed by atoms with Crippen LogP contribution in [0.2, 0.25) is 0 Å². The van der Waals surface area contributed by atoms with Crippen LogP contribution in [-0.2, 0) is 89.1 Å². The monoisotopic (exact) mass is 284 g/mol. The van der Waals surface area contributed by atoms with Crippen LogP contribution >= 0.6 is 0 Å². The van der Waals surface area contributed by atoms with E-state index in [0.29, 0.717) is 0 Å². The predicted octanol–water partition coefficient (Wildman–Crippen LogP) is -0.0125. The first-order valence-electron chi connectivity index (χ1n) is 0. The molecule has 5 heteroatoms. The number of rotatable bonds is 0. The van der Waals surface area contributed by atoms with Gasteiger partial charge in [0.2, 0.25) is 0 Å². The van der Waals surface area contributed by atoms with E-state index in [1.165, 1.54) is 0 Å². The summed E-state index contributed by atoms with van der Waals surface area (Å²) in [4.78, 5) is 0. The molecule has 2 radical (unpaired) electrons. The molecule has 0 aliphatic heterocycles. The molecule has 0 unspecified atom stereocenters. The Morgan fingerprint density at radius 1 is 1.00 bits per heavy atom. The first kappa shape index (κ1) is 46.6. The van der Waals surface area contributed by atoms with Gasteiger partial charge in [-0.15, -0.1) is 0 Å². The Bertz CT molecular complexity index is 11.6. The normalized spacial score (nSPS) is 0. The molecule has 0 N–H and O–H groups in total. The molecule has 0 fully saturated rings. The van der Waals surface area contributed by atoms with Gasteiger partial charge in [-0.05, 0) is 0 Å². The summed E-state index contributed by atoms with van der Waals surface area (Å²) < 4.78 is 0. The third-order valence-corrected chi connectivity index (χ3v) is 0. The van der Waals surface area contributed by atoms with E-state index < -0.39 is 0 Å². The van der Waals surface area contributed by atoms with E-state index in [-0.39, 0.29) is 89.1 Å². The minimum absolute atomic E-state index is 0. The molecule has 0 aromatic carbocycles. The van der Waals surface area contributed by atoms with Crippen molar-refractivity contribution in [3.63, 3.8) is 0 Å². The molecule has 5 heavy (non-hydrogen) atoms. The summed E-state index contributed by atoms with van der Waals surface area (Å²) in [6.45, 7) is 0. The second-order valence-electron chi connectivity index (χ2n) is 0. The van der Waals surface area contributed by atoms with Crippen molar-refractivity contribution in [2.45, 2.75) is 0 Å². The minimum atomic E-state index is 0. The van der Waals surface area contributed by atoms with E-state index in [1.807, 2.05) is 0 Å². The molecule has 0 aliphatic carbocycles. The van der Waals surface area contributed by atoms with Gasteiger partial charge in [-0.1, -0.05) is 0 Å². The van der Waals surface area contributed by atoms with Crippen molar-refractivity contribution >= 4 is 0 Å². The zero-order valence-electron chi connectivity index (χ0n) is 1.80. The first-order chi connectivity index (χ1) is 0. The van der Waals surface area contributed by atoms with E-state index in [1.54, 1.807) is 0 Å². The topological polar surface area (TPSA) is 0 Å². The fourth-order valence-electron chi connectivity index (χ4n) is 0. The largest absolute Gasteiger partial charge is 0 e. The Labute approximate surface area is 87.9 Å². The van der Waals surface area contributed by atoms with Crippen LogP contribution in [0.1, 0.15) is 0 Å². The van der Waals surface area contributed by atoms with Crippen LogP contribution in [-0.4, -0.2) is 0 Å². The second-order valence-corrected chi connectivity index (χ2v) is 0. The zero-order valence-corrected chi connectivity index (χ0v) is 7.44. The molecule has 0 rings (SSSR count). The van der Waals surface area contributed by atoms with Crippen LogP contribution in [0.15, 0.2) is 0 Å². The van der Waals surface area contributed by atoms with Gasteiger partial charge in [-0.2, -0.15) is 0 Å². The maximum atomic E-state index is 0. The fraction of sp³-hybridized carbons (Fsp3) is 0. The summed E-state index contributed by atoms with van der Waals surface area (Å²) in [5.74, 6) is 0. The molecule has 0 amide bonds. The van der Waals surface area contributed by atoms with E-state index in [9.17, 15) is 0 Å². The van der Waals surface area contributed by atoms with Crippen LogP contribution in [0.25, 0.3) is 0 Å². The molecule has 0 aliphatic rings. The molecule has 0 aromatic rings. The van der Waals surface area contributed by atoms with Gasteiger partial charge in [0, 0.05) is 89.1 Å². The van der Waals surface area contributed by atoms with Crippen molar-refractivity contribution in [3.8, 4) is 0 Å². The molecule has 0 bridgehead atoms. The summed E-state index contributed by atoms with van der Waals surface area (Å²) in [5.41, 5.74) is 0. The second kappa shape index (κ2) is 29.5. The van der Waals surface area contributed by atoms with Gasteiger partial charge in [-0.3, -0.25) is 0 Å². The van der Waals surface area contributed by atoms with Gasteiger partial charge in [0.15, 0.2) is 0 Å². The van der Waals surface area contributed by atoms with E-state index >= 15 is 0 Å². The Hall–Kier alpha value is 2.75. The van der Waals surface area contributed by atoms with Crippen molar-refractivity contribution in [1.29, 1.82) is 0 Å². The summed E-state index contributed by atoms with van der Waals surface area (Å²) in [6.07, 6.45) is 0. The van der Waals surface area contributed by atoms with Gasteiger partial charge in [-0.25, -0.2) is 0 Å². The number of hydrogen-bond acceptors (Lipinski definition) is 0. The molecular weight excluding hydrogens is 285 g/mol. The molecule has 0 aromatic heterocycles. The van der Waals surface area contributed by atoms with Crippen molar-refractivity contribution in [2.75, 3.05) is 0 Å². The molecule has 0 saturated heterocycles. The average molecular weight is 285 g/mol. The van der Waals surface area contributed by atoms with Gasteiger partial charge < -0.3 is 0 Å². The van der Waals surface area contributed by atoms with Gasteiger partial charge >= 0.3 is 0 Å². The quantitative estimate of drug-likeness (QED) is 0.549. The number of hydrogen-bond donors (Lipinski definition) is 0. The zero-order chi connectivity index (χ0) is 0. The fourth-order valence-corrected chi connectivity index (χ4v) is 0. The van der Waals surface area contributed by atoms with E-state index in [4.69, 9.17) is 0 Å². The van der Waals surface area contributed by atoms with Crippen LogP contribution in [0.4, 0.5) is 0 Å². The third kappa shape index (κ3) is 20.1. The van der Waals surface area contributed by atoms with Gasteiger partial charge in [0.1, 0.15) is 0 Å². The molecular formula is CoCuFeNiTi. The minimum Gasteiger partial charge on any atom is 0 e. The van der Waals surface area contributed by atoms with E-state index in [0.717, 1.165) is 0 Å². The molecule has 0 nitrogen and oxygen atoms in total. The van der Waals surface area contributed by atoms with Gasteiger partial charge in [0.05, 0.1) is 0 Å². The summed E-state index contributed by atoms with van der Waals surface area (Å²) in [5, 5.41) is 0. The maximum Gasteiger partial charge on any atom is 0 e. The standard InChI is InChI=1S/Co.Cu.Fe.Ni.Ti. The molecule has 0 spiro atoms. The van der Waals surface area contributed by atoms with Crippen LogP contribution in [0, 0.1) is 0 Å². The Balaban J connectivity index is 0. The van der Waals surface area contributed by atoms with Crippen LogP contribution in [0.5, 0.6) is 0 Å². The maximum absolute atomic E-state index is 0.